The fraction of sp³-hybridized carbons (Fsp3) is 0.636. The second-order valence-corrected chi connectivity index (χ2v) is 7.01. The Kier molecular flexibility index (Phi) is 12.1. The van der Waals surface area contributed by atoms with Gasteiger partial charge in [0.25, 0.3) is 0 Å². The van der Waals surface area contributed by atoms with E-state index in [0.717, 1.165) is 25.3 Å². The molecule has 7 heteroatoms. The Morgan fingerprint density at radius 1 is 0.828 bits per heavy atom. The van der Waals surface area contributed by atoms with Crippen molar-refractivity contribution >= 4 is 11.9 Å². The fourth-order valence-electron chi connectivity index (χ4n) is 2.85. The summed E-state index contributed by atoms with van der Waals surface area (Å²) in [4.78, 5) is 23.3. The first-order valence-electron chi connectivity index (χ1n) is 10.3. The molecule has 0 bridgehead atoms. The van der Waals surface area contributed by atoms with Crippen molar-refractivity contribution in [2.75, 3.05) is 6.61 Å². The molecule has 1 rings (SSSR count). The van der Waals surface area contributed by atoms with Crippen molar-refractivity contribution in [1.82, 2.24) is 0 Å². The van der Waals surface area contributed by atoms with E-state index in [4.69, 9.17) is 9.47 Å². The van der Waals surface area contributed by atoms with Crippen molar-refractivity contribution < 1.29 is 32.2 Å². The summed E-state index contributed by atoms with van der Waals surface area (Å²) in [6, 6.07) is 4.91. The predicted octanol–water partition coefficient (Wildman–Crippen LogP) is 6.21. The smallest absolute Gasteiger partial charge is 0.416 e. The number of halogens is 3. The summed E-state index contributed by atoms with van der Waals surface area (Å²) in [6.07, 6.45) is 4.23. The number of rotatable bonds is 14. The molecule has 0 aromatic heterocycles. The molecular formula is C22H31F3O4. The van der Waals surface area contributed by atoms with E-state index in [1.165, 1.54) is 50.3 Å². The van der Waals surface area contributed by atoms with Crippen LogP contribution in [0.5, 0.6) is 0 Å². The molecule has 0 aliphatic rings. The Morgan fingerprint density at radius 2 is 1.38 bits per heavy atom. The molecule has 0 spiro atoms. The van der Waals surface area contributed by atoms with Gasteiger partial charge in [-0.15, -0.1) is 0 Å². The first-order chi connectivity index (χ1) is 13.8. The number of hydrogen-bond acceptors (Lipinski definition) is 4. The zero-order valence-corrected chi connectivity index (χ0v) is 17.1. The van der Waals surface area contributed by atoms with Crippen LogP contribution in [0, 0.1) is 0 Å². The van der Waals surface area contributed by atoms with E-state index < -0.39 is 30.3 Å². The zero-order chi connectivity index (χ0) is 21.5. The monoisotopic (exact) mass is 416 g/mol. The predicted molar refractivity (Wildman–Crippen MR) is 104 cm³/mol. The van der Waals surface area contributed by atoms with Crippen LogP contribution in [0.15, 0.2) is 24.3 Å². The van der Waals surface area contributed by atoms with Gasteiger partial charge in [-0.3, -0.25) is 9.59 Å². The molecule has 0 atom stereocenters. The molecule has 0 fully saturated rings. The van der Waals surface area contributed by atoms with Crippen LogP contribution in [-0.4, -0.2) is 18.5 Å². The third-order valence-corrected chi connectivity index (χ3v) is 4.51. The molecule has 0 heterocycles. The zero-order valence-electron chi connectivity index (χ0n) is 17.1. The van der Waals surface area contributed by atoms with Crippen molar-refractivity contribution in [3.63, 3.8) is 0 Å². The van der Waals surface area contributed by atoms with E-state index in [9.17, 15) is 22.8 Å². The summed E-state index contributed by atoms with van der Waals surface area (Å²) in [5, 5.41) is 0. The SMILES string of the molecule is CCCCCCCCCCOC(=O)CCC(=O)OCc1ccccc1C(F)(F)F. The van der Waals surface area contributed by atoms with Gasteiger partial charge in [0.1, 0.15) is 6.61 Å². The summed E-state index contributed by atoms with van der Waals surface area (Å²) in [6.45, 7) is 2.02. The quantitative estimate of drug-likeness (QED) is 0.267. The van der Waals surface area contributed by atoms with Gasteiger partial charge in [0.05, 0.1) is 25.0 Å². The van der Waals surface area contributed by atoms with Crippen LogP contribution in [0.4, 0.5) is 13.2 Å². The number of hydrogen-bond donors (Lipinski definition) is 0. The topological polar surface area (TPSA) is 52.6 Å². The highest BCUT2D eigenvalue weighted by atomic mass is 19.4. The molecule has 4 nitrogen and oxygen atoms in total. The maximum atomic E-state index is 12.9. The number of carbonyl (C=O) groups excluding carboxylic acids is 2. The van der Waals surface area contributed by atoms with Gasteiger partial charge >= 0.3 is 18.1 Å². The summed E-state index contributed by atoms with van der Waals surface area (Å²) < 4.78 is 48.6. The Bertz CT molecular complexity index is 614. The molecule has 164 valence electrons. The van der Waals surface area contributed by atoms with Gasteiger partial charge in [-0.05, 0) is 12.5 Å². The standard InChI is InChI=1S/C22H31F3O4/c1-2-3-4-5-6-7-8-11-16-28-20(26)14-15-21(27)29-17-18-12-9-10-13-19(18)22(23,24)25/h9-10,12-13H,2-8,11,14-17H2,1H3. The lowest BCUT2D eigenvalue weighted by molar-refractivity contribution is -0.152. The second kappa shape index (κ2) is 14.0. The van der Waals surface area contributed by atoms with Gasteiger partial charge < -0.3 is 9.47 Å². The van der Waals surface area contributed by atoms with E-state index in [0.29, 0.717) is 6.61 Å². The van der Waals surface area contributed by atoms with E-state index in [1.54, 1.807) is 0 Å². The van der Waals surface area contributed by atoms with E-state index >= 15 is 0 Å². The molecule has 1 aromatic carbocycles. The van der Waals surface area contributed by atoms with E-state index in [1.807, 2.05) is 0 Å². The Hall–Kier alpha value is -2.05. The van der Waals surface area contributed by atoms with Crippen LogP contribution in [0.25, 0.3) is 0 Å². The largest absolute Gasteiger partial charge is 0.466 e. The summed E-state index contributed by atoms with van der Waals surface area (Å²) in [5.74, 6) is -1.23. The van der Waals surface area contributed by atoms with Gasteiger partial charge in [0.15, 0.2) is 0 Å². The summed E-state index contributed by atoms with van der Waals surface area (Å²) in [5.41, 5.74) is -0.955. The minimum absolute atomic E-state index is 0.120. The van der Waals surface area contributed by atoms with Gasteiger partial charge in [0.2, 0.25) is 0 Å². The first kappa shape index (κ1) is 25.0. The maximum absolute atomic E-state index is 12.9. The lowest BCUT2D eigenvalue weighted by atomic mass is 10.1. The Morgan fingerprint density at radius 3 is 2.00 bits per heavy atom. The summed E-state index contributed by atoms with van der Waals surface area (Å²) >= 11 is 0. The van der Waals surface area contributed by atoms with Gasteiger partial charge in [0, 0.05) is 5.56 Å². The maximum Gasteiger partial charge on any atom is 0.416 e. The van der Waals surface area contributed by atoms with Crippen molar-refractivity contribution in [2.24, 2.45) is 0 Å². The third kappa shape index (κ3) is 11.5. The molecule has 1 aromatic rings. The molecule has 0 aliphatic heterocycles. The first-order valence-corrected chi connectivity index (χ1v) is 10.3. The second-order valence-electron chi connectivity index (χ2n) is 7.01. The van der Waals surface area contributed by atoms with Crippen LogP contribution in [-0.2, 0) is 31.8 Å². The highest BCUT2D eigenvalue weighted by Crippen LogP contribution is 2.32. The van der Waals surface area contributed by atoms with Crippen LogP contribution < -0.4 is 0 Å². The molecular weight excluding hydrogens is 385 g/mol. The number of unbranched alkanes of at least 4 members (excludes halogenated alkanes) is 7. The molecule has 0 saturated heterocycles. The molecule has 0 saturated carbocycles. The lowest BCUT2D eigenvalue weighted by Crippen LogP contribution is -2.13. The van der Waals surface area contributed by atoms with Crippen LogP contribution in [0.3, 0.4) is 0 Å². The number of benzene rings is 1. The normalized spacial score (nSPS) is 11.3. The van der Waals surface area contributed by atoms with Crippen molar-refractivity contribution in [1.29, 1.82) is 0 Å². The van der Waals surface area contributed by atoms with Crippen molar-refractivity contribution in [3.05, 3.63) is 35.4 Å². The van der Waals surface area contributed by atoms with Crippen molar-refractivity contribution in [3.8, 4) is 0 Å². The van der Waals surface area contributed by atoms with E-state index in [-0.39, 0.29) is 18.4 Å². The number of carbonyl (C=O) groups is 2. The number of esters is 2. The number of alkyl halides is 3. The minimum atomic E-state index is -4.51. The molecule has 29 heavy (non-hydrogen) atoms. The van der Waals surface area contributed by atoms with Gasteiger partial charge in [-0.1, -0.05) is 70.1 Å². The average Bonchev–Trinajstić information content (AvgIpc) is 2.69. The lowest BCUT2D eigenvalue weighted by Gasteiger charge is -2.12. The van der Waals surface area contributed by atoms with E-state index in [2.05, 4.69) is 6.92 Å². The highest BCUT2D eigenvalue weighted by molar-refractivity contribution is 5.77. The van der Waals surface area contributed by atoms with Gasteiger partial charge in [-0.25, -0.2) is 0 Å². The molecule has 0 radical (unpaired) electrons. The Labute approximate surface area is 170 Å². The molecule has 0 aliphatic carbocycles. The van der Waals surface area contributed by atoms with Crippen LogP contribution in [0.1, 0.15) is 82.3 Å². The van der Waals surface area contributed by atoms with Gasteiger partial charge in [-0.2, -0.15) is 13.2 Å². The Balaban J connectivity index is 2.14. The molecule has 0 amide bonds. The fourth-order valence-corrected chi connectivity index (χ4v) is 2.85. The summed E-state index contributed by atoms with van der Waals surface area (Å²) in [7, 11) is 0. The van der Waals surface area contributed by atoms with Crippen LogP contribution in [0.2, 0.25) is 0 Å². The highest BCUT2D eigenvalue weighted by Gasteiger charge is 2.33. The number of ether oxygens (including phenoxy) is 2. The third-order valence-electron chi connectivity index (χ3n) is 4.51. The van der Waals surface area contributed by atoms with Crippen LogP contribution >= 0.6 is 0 Å². The molecule has 0 unspecified atom stereocenters. The van der Waals surface area contributed by atoms with Crippen molar-refractivity contribution in [2.45, 2.75) is 83.9 Å². The minimum Gasteiger partial charge on any atom is -0.466 e. The average molecular weight is 416 g/mol. The molecule has 0 N–H and O–H groups in total.